The Labute approximate surface area is 209 Å². The number of piperidine rings is 1. The van der Waals surface area contributed by atoms with E-state index in [2.05, 4.69) is 6.92 Å². The second kappa shape index (κ2) is 10.1. The standard InChI is InChI=1S/C28H29N3O3S/c1-20-9-7-8-15-30(20)26(32)19-29-18-22(23-12-5-6-13-24(23)29)17-25-27(33)31(28(34)35-25)16-14-21-10-3-2-4-11-21/h2-6,10-13,17-18,20H,7-9,14-16,19H2,1H3/b25-17-/t20-/m1/s1. The lowest BCUT2D eigenvalue weighted by Gasteiger charge is -2.33. The van der Waals surface area contributed by atoms with Crippen LogP contribution in [0.15, 0.2) is 65.7 Å². The Hall–Kier alpha value is -3.32. The molecule has 1 aromatic heterocycles. The minimum absolute atomic E-state index is 0.116. The Morgan fingerprint density at radius 2 is 1.83 bits per heavy atom. The SMILES string of the molecule is C[C@@H]1CCCCN1C(=O)Cn1cc(/C=C2\SC(=O)N(CCc3ccccc3)C2=O)c2ccccc21. The average Bonchev–Trinajstić information content (AvgIpc) is 3.34. The predicted octanol–water partition coefficient (Wildman–Crippen LogP) is 5.32. The van der Waals surface area contributed by atoms with Gasteiger partial charge in [0.05, 0.1) is 4.91 Å². The van der Waals surface area contributed by atoms with Crippen molar-refractivity contribution >= 4 is 45.8 Å². The van der Waals surface area contributed by atoms with Gasteiger partial charge in [-0.15, -0.1) is 0 Å². The minimum atomic E-state index is -0.258. The minimum Gasteiger partial charge on any atom is -0.338 e. The molecule has 0 unspecified atom stereocenters. The molecule has 35 heavy (non-hydrogen) atoms. The van der Waals surface area contributed by atoms with Crippen molar-refractivity contribution in [2.24, 2.45) is 0 Å². The molecule has 2 saturated heterocycles. The second-order valence-corrected chi connectivity index (χ2v) is 10.2. The maximum Gasteiger partial charge on any atom is 0.293 e. The molecule has 180 valence electrons. The molecule has 6 nitrogen and oxygen atoms in total. The van der Waals surface area contributed by atoms with Crippen LogP contribution < -0.4 is 0 Å². The molecule has 7 heteroatoms. The summed E-state index contributed by atoms with van der Waals surface area (Å²) < 4.78 is 1.96. The lowest BCUT2D eigenvalue weighted by atomic mass is 10.0. The smallest absolute Gasteiger partial charge is 0.293 e. The number of rotatable bonds is 6. The van der Waals surface area contributed by atoms with Crippen LogP contribution in [0.3, 0.4) is 0 Å². The number of hydrogen-bond donors (Lipinski definition) is 0. The first-order valence-electron chi connectivity index (χ1n) is 12.2. The number of amides is 3. The van der Waals surface area contributed by atoms with E-state index in [0.29, 0.717) is 17.9 Å². The van der Waals surface area contributed by atoms with Crippen molar-refractivity contribution in [1.82, 2.24) is 14.4 Å². The summed E-state index contributed by atoms with van der Waals surface area (Å²) in [5, 5.41) is 0.721. The van der Waals surface area contributed by atoms with Crippen LogP contribution in [0, 0.1) is 0 Å². The van der Waals surface area contributed by atoms with Crippen molar-refractivity contribution in [2.75, 3.05) is 13.1 Å². The number of thioether (sulfide) groups is 1. The monoisotopic (exact) mass is 487 g/mol. The van der Waals surface area contributed by atoms with Crippen LogP contribution in [-0.4, -0.2) is 50.6 Å². The highest BCUT2D eigenvalue weighted by molar-refractivity contribution is 8.18. The van der Waals surface area contributed by atoms with E-state index in [4.69, 9.17) is 0 Å². The summed E-state index contributed by atoms with van der Waals surface area (Å²) in [7, 11) is 0. The van der Waals surface area contributed by atoms with Gasteiger partial charge in [0, 0.05) is 41.8 Å². The van der Waals surface area contributed by atoms with Crippen LogP contribution in [0.5, 0.6) is 0 Å². The van der Waals surface area contributed by atoms with E-state index in [1.807, 2.05) is 70.3 Å². The third kappa shape index (κ3) is 4.91. The van der Waals surface area contributed by atoms with Crippen LogP contribution >= 0.6 is 11.8 Å². The van der Waals surface area contributed by atoms with Gasteiger partial charge in [-0.25, -0.2) is 0 Å². The number of hydrogen-bond acceptors (Lipinski definition) is 4. The molecular weight excluding hydrogens is 458 g/mol. The van der Waals surface area contributed by atoms with Gasteiger partial charge >= 0.3 is 0 Å². The van der Waals surface area contributed by atoms with Gasteiger partial charge in [0.15, 0.2) is 0 Å². The van der Waals surface area contributed by atoms with E-state index >= 15 is 0 Å². The van der Waals surface area contributed by atoms with Crippen LogP contribution in [0.25, 0.3) is 17.0 Å². The van der Waals surface area contributed by atoms with Gasteiger partial charge in [-0.3, -0.25) is 19.3 Å². The molecule has 0 aliphatic carbocycles. The maximum atomic E-state index is 13.1. The molecule has 0 saturated carbocycles. The number of fused-ring (bicyclic) bond motifs is 1. The van der Waals surface area contributed by atoms with Crippen molar-refractivity contribution in [1.29, 1.82) is 0 Å². The molecule has 0 radical (unpaired) electrons. The van der Waals surface area contributed by atoms with E-state index in [-0.39, 0.29) is 29.6 Å². The number of likely N-dealkylation sites (tertiary alicyclic amines) is 1. The Bertz CT molecular complexity index is 1300. The summed E-state index contributed by atoms with van der Waals surface area (Å²) in [5.74, 6) is -0.142. The summed E-state index contributed by atoms with van der Waals surface area (Å²) in [6.45, 7) is 3.54. The van der Waals surface area contributed by atoms with Gasteiger partial charge in [0.25, 0.3) is 11.1 Å². The normalized spacial score (nSPS) is 19.8. The van der Waals surface area contributed by atoms with Crippen molar-refractivity contribution in [3.63, 3.8) is 0 Å². The lowest BCUT2D eigenvalue weighted by molar-refractivity contribution is -0.135. The van der Waals surface area contributed by atoms with E-state index in [9.17, 15) is 14.4 Å². The Kier molecular flexibility index (Phi) is 6.77. The van der Waals surface area contributed by atoms with E-state index in [1.54, 1.807) is 6.08 Å². The Morgan fingerprint density at radius 3 is 2.63 bits per heavy atom. The first kappa shape index (κ1) is 23.4. The zero-order chi connectivity index (χ0) is 24.4. The van der Waals surface area contributed by atoms with Gasteiger partial charge in [-0.2, -0.15) is 0 Å². The molecule has 3 aromatic rings. The molecule has 3 amide bonds. The van der Waals surface area contributed by atoms with Crippen LogP contribution in [0.1, 0.15) is 37.3 Å². The molecule has 3 heterocycles. The molecule has 2 aliphatic heterocycles. The zero-order valence-corrected chi connectivity index (χ0v) is 20.7. The number of benzene rings is 2. The molecule has 2 fully saturated rings. The van der Waals surface area contributed by atoms with Crippen LogP contribution in [0.2, 0.25) is 0 Å². The summed E-state index contributed by atoms with van der Waals surface area (Å²) in [5.41, 5.74) is 2.88. The van der Waals surface area contributed by atoms with E-state index in [1.165, 1.54) is 11.3 Å². The summed E-state index contributed by atoms with van der Waals surface area (Å²) in [4.78, 5) is 42.5. The molecule has 2 aliphatic rings. The fourth-order valence-corrected chi connectivity index (χ4v) is 5.80. The van der Waals surface area contributed by atoms with Crippen molar-refractivity contribution in [3.8, 4) is 0 Å². The van der Waals surface area contributed by atoms with Gasteiger partial charge in [-0.05, 0) is 62.1 Å². The van der Waals surface area contributed by atoms with Crippen molar-refractivity contribution in [3.05, 3.63) is 76.8 Å². The number of carbonyl (C=O) groups excluding carboxylic acids is 3. The van der Waals surface area contributed by atoms with Crippen LogP contribution in [-0.2, 0) is 22.6 Å². The largest absolute Gasteiger partial charge is 0.338 e. The molecule has 0 spiro atoms. The van der Waals surface area contributed by atoms with Crippen molar-refractivity contribution < 1.29 is 14.4 Å². The first-order valence-corrected chi connectivity index (χ1v) is 13.0. The first-order chi connectivity index (χ1) is 17.0. The summed E-state index contributed by atoms with van der Waals surface area (Å²) in [6, 6.07) is 18.0. The molecule has 1 atom stereocenters. The van der Waals surface area contributed by atoms with Gasteiger partial charge in [0.2, 0.25) is 5.91 Å². The fraction of sp³-hybridized carbons (Fsp3) is 0.321. The number of para-hydroxylation sites is 1. The second-order valence-electron chi connectivity index (χ2n) is 9.23. The third-order valence-corrected chi connectivity index (χ3v) is 7.78. The number of carbonyl (C=O) groups is 3. The molecule has 0 bridgehead atoms. The number of aromatic nitrogens is 1. The highest BCUT2D eigenvalue weighted by atomic mass is 32.2. The highest BCUT2D eigenvalue weighted by Gasteiger charge is 2.35. The van der Waals surface area contributed by atoms with E-state index < -0.39 is 0 Å². The quantitative estimate of drug-likeness (QED) is 0.442. The number of imide groups is 1. The van der Waals surface area contributed by atoms with Crippen molar-refractivity contribution in [2.45, 2.75) is 45.2 Å². The highest BCUT2D eigenvalue weighted by Crippen LogP contribution is 2.34. The summed E-state index contributed by atoms with van der Waals surface area (Å²) in [6.07, 6.45) is 7.61. The Morgan fingerprint density at radius 1 is 1.06 bits per heavy atom. The predicted molar refractivity (Wildman–Crippen MR) is 140 cm³/mol. The van der Waals surface area contributed by atoms with E-state index in [0.717, 1.165) is 53.2 Å². The summed E-state index contributed by atoms with van der Waals surface area (Å²) >= 11 is 0.981. The Balaban J connectivity index is 1.37. The zero-order valence-electron chi connectivity index (χ0n) is 19.9. The lowest BCUT2D eigenvalue weighted by Crippen LogP contribution is -2.43. The molecular formula is C28H29N3O3S. The molecule has 5 rings (SSSR count). The topological polar surface area (TPSA) is 62.6 Å². The average molecular weight is 488 g/mol. The molecule has 2 aromatic carbocycles. The van der Waals surface area contributed by atoms with Gasteiger partial charge in [-0.1, -0.05) is 48.5 Å². The molecule has 0 N–H and O–H groups in total. The van der Waals surface area contributed by atoms with Crippen LogP contribution in [0.4, 0.5) is 4.79 Å². The third-order valence-electron chi connectivity index (χ3n) is 6.88. The maximum absolute atomic E-state index is 13.1. The fourth-order valence-electron chi connectivity index (χ4n) is 4.95. The number of nitrogens with zero attached hydrogens (tertiary/aromatic N) is 3. The van der Waals surface area contributed by atoms with Gasteiger partial charge < -0.3 is 9.47 Å². The van der Waals surface area contributed by atoms with Gasteiger partial charge in [0.1, 0.15) is 6.54 Å².